The van der Waals surface area contributed by atoms with E-state index < -0.39 is 0 Å². The number of Topliss-reactive ketones (excluding diaryl/α,β-unsaturated/α-hetero) is 1. The second-order valence-electron chi connectivity index (χ2n) is 7.50. The maximum atomic E-state index is 12.6. The molecule has 0 atom stereocenters. The molecule has 0 radical (unpaired) electrons. The quantitative estimate of drug-likeness (QED) is 0.449. The van der Waals surface area contributed by atoms with E-state index in [1.54, 1.807) is 17.2 Å². The Morgan fingerprint density at radius 3 is 2.90 bits per heavy atom. The van der Waals surface area contributed by atoms with Crippen molar-refractivity contribution in [2.45, 2.75) is 26.2 Å². The molecule has 5 rings (SSSR count). The normalized spacial score (nSPS) is 12.8. The Labute approximate surface area is 173 Å². The average molecular weight is 400 g/mol. The predicted octanol–water partition coefficient (Wildman–Crippen LogP) is 4.28. The molecule has 7 nitrogen and oxygen atoms in total. The van der Waals surface area contributed by atoms with E-state index >= 15 is 0 Å². The van der Waals surface area contributed by atoms with Crippen LogP contribution in [0, 0.1) is 6.92 Å². The summed E-state index contributed by atoms with van der Waals surface area (Å²) in [5.74, 6) is 1.21. The first-order valence-corrected chi connectivity index (χ1v) is 9.80. The first-order chi connectivity index (χ1) is 14.6. The van der Waals surface area contributed by atoms with Gasteiger partial charge in [0.1, 0.15) is 5.69 Å². The highest BCUT2D eigenvalue weighted by Gasteiger charge is 2.20. The number of hydrogen-bond acceptors (Lipinski definition) is 6. The molecule has 0 spiro atoms. The minimum Gasteiger partial charge on any atom is -0.472 e. The summed E-state index contributed by atoms with van der Waals surface area (Å²) in [5, 5.41) is 8.32. The lowest BCUT2D eigenvalue weighted by molar-refractivity contribution is 0.0977. The fraction of sp³-hybridized carbons (Fsp3) is 0.217. The number of hydrogen-bond donors (Lipinski definition) is 0. The molecule has 0 fully saturated rings. The first-order valence-electron chi connectivity index (χ1n) is 9.80. The standard InChI is InChI=1S/C23H20N4O3/c1-14-24-23(30-26-14)19-9-16-4-5-17(10-18(16)11-19)21-12-20(25-27(21)2)22(28)6-3-15-7-8-29-13-15/h4-5,7-8,10-13H,3,6,9H2,1-2H3. The Morgan fingerprint density at radius 2 is 2.13 bits per heavy atom. The Balaban J connectivity index is 1.38. The van der Waals surface area contributed by atoms with Crippen LogP contribution in [0.3, 0.4) is 0 Å². The van der Waals surface area contributed by atoms with Gasteiger partial charge in [-0.2, -0.15) is 10.1 Å². The topological polar surface area (TPSA) is 87.0 Å². The van der Waals surface area contributed by atoms with Gasteiger partial charge in [0.05, 0.1) is 18.2 Å². The second-order valence-corrected chi connectivity index (χ2v) is 7.50. The highest BCUT2D eigenvalue weighted by molar-refractivity contribution is 5.95. The summed E-state index contributed by atoms with van der Waals surface area (Å²) < 4.78 is 12.1. The zero-order chi connectivity index (χ0) is 20.7. The number of aromatic nitrogens is 4. The number of aryl methyl sites for hydroxylation is 3. The summed E-state index contributed by atoms with van der Waals surface area (Å²) in [6, 6.07) is 10.0. The summed E-state index contributed by atoms with van der Waals surface area (Å²) in [7, 11) is 1.86. The minimum atomic E-state index is 0.0214. The summed E-state index contributed by atoms with van der Waals surface area (Å²) in [6.45, 7) is 1.81. The number of rotatable bonds is 6. The predicted molar refractivity (Wildman–Crippen MR) is 111 cm³/mol. The zero-order valence-corrected chi connectivity index (χ0v) is 16.8. The van der Waals surface area contributed by atoms with Gasteiger partial charge in [0.25, 0.3) is 5.89 Å². The first kappa shape index (κ1) is 18.3. The van der Waals surface area contributed by atoms with Gasteiger partial charge in [-0.15, -0.1) is 0 Å². The van der Waals surface area contributed by atoms with Crippen LogP contribution in [-0.2, 0) is 19.9 Å². The van der Waals surface area contributed by atoms with Crippen molar-refractivity contribution in [1.29, 1.82) is 0 Å². The molecule has 0 saturated heterocycles. The summed E-state index contributed by atoms with van der Waals surface area (Å²) in [4.78, 5) is 16.9. The van der Waals surface area contributed by atoms with Crippen LogP contribution in [-0.4, -0.2) is 25.7 Å². The molecule has 30 heavy (non-hydrogen) atoms. The van der Waals surface area contributed by atoms with Gasteiger partial charge in [-0.05, 0) is 54.3 Å². The van der Waals surface area contributed by atoms with E-state index in [1.807, 2.05) is 26.1 Å². The minimum absolute atomic E-state index is 0.0214. The van der Waals surface area contributed by atoms with Gasteiger partial charge in [-0.3, -0.25) is 9.48 Å². The molecule has 150 valence electrons. The average Bonchev–Trinajstić information content (AvgIpc) is 3.51. The summed E-state index contributed by atoms with van der Waals surface area (Å²) >= 11 is 0. The number of furan rings is 1. The molecule has 7 heteroatoms. The number of fused-ring (bicyclic) bond motifs is 1. The van der Waals surface area contributed by atoms with Crippen LogP contribution in [0.25, 0.3) is 22.9 Å². The maximum Gasteiger partial charge on any atom is 0.254 e. The molecule has 0 aliphatic heterocycles. The van der Waals surface area contributed by atoms with Crippen LogP contribution in [0.5, 0.6) is 0 Å². The fourth-order valence-electron chi connectivity index (χ4n) is 3.75. The van der Waals surface area contributed by atoms with Crippen molar-refractivity contribution in [3.63, 3.8) is 0 Å². The lowest BCUT2D eigenvalue weighted by atomic mass is 10.0. The van der Waals surface area contributed by atoms with Crippen LogP contribution in [0.15, 0.2) is 51.8 Å². The fourth-order valence-corrected chi connectivity index (χ4v) is 3.75. The third kappa shape index (κ3) is 3.39. The van der Waals surface area contributed by atoms with Gasteiger partial charge >= 0.3 is 0 Å². The van der Waals surface area contributed by atoms with E-state index in [4.69, 9.17) is 8.94 Å². The number of carbonyl (C=O) groups is 1. The number of benzene rings is 1. The molecule has 1 aliphatic carbocycles. The van der Waals surface area contributed by atoms with E-state index in [9.17, 15) is 4.79 Å². The molecule has 1 aliphatic rings. The molecule has 4 aromatic rings. The Bertz CT molecular complexity index is 1260. The number of allylic oxidation sites excluding steroid dienone is 1. The van der Waals surface area contributed by atoms with Gasteiger partial charge in [0, 0.05) is 31.0 Å². The summed E-state index contributed by atoms with van der Waals surface area (Å²) in [5.41, 5.74) is 6.75. The number of carbonyl (C=O) groups excluding carboxylic acids is 1. The monoisotopic (exact) mass is 400 g/mol. The van der Waals surface area contributed by atoms with Gasteiger partial charge in [0.2, 0.25) is 0 Å². The lowest BCUT2D eigenvalue weighted by Crippen LogP contribution is -2.03. The Hall–Kier alpha value is -3.74. The summed E-state index contributed by atoms with van der Waals surface area (Å²) in [6.07, 6.45) is 7.17. The lowest BCUT2D eigenvalue weighted by Gasteiger charge is -2.04. The van der Waals surface area contributed by atoms with E-state index in [0.29, 0.717) is 30.3 Å². The molecule has 0 N–H and O–H groups in total. The van der Waals surface area contributed by atoms with E-state index in [2.05, 4.69) is 39.5 Å². The maximum absolute atomic E-state index is 12.6. The molecule has 3 aromatic heterocycles. The van der Waals surface area contributed by atoms with Crippen LogP contribution in [0.1, 0.15) is 45.3 Å². The third-order valence-electron chi connectivity index (χ3n) is 5.34. The van der Waals surface area contributed by atoms with Gasteiger partial charge in [-0.1, -0.05) is 17.3 Å². The zero-order valence-electron chi connectivity index (χ0n) is 16.8. The molecule has 0 saturated carbocycles. The molecule has 3 heterocycles. The third-order valence-corrected chi connectivity index (χ3v) is 5.34. The molecule has 0 bridgehead atoms. The smallest absolute Gasteiger partial charge is 0.254 e. The molecule has 1 aromatic carbocycles. The van der Waals surface area contributed by atoms with Gasteiger partial charge in [-0.25, -0.2) is 0 Å². The molecule has 0 unspecified atom stereocenters. The number of ketones is 1. The van der Waals surface area contributed by atoms with Crippen molar-refractivity contribution in [3.05, 3.63) is 77.0 Å². The van der Waals surface area contributed by atoms with Crippen molar-refractivity contribution < 1.29 is 13.7 Å². The van der Waals surface area contributed by atoms with E-state index in [1.165, 1.54) is 5.56 Å². The van der Waals surface area contributed by atoms with Crippen molar-refractivity contribution in [3.8, 4) is 11.3 Å². The van der Waals surface area contributed by atoms with Gasteiger partial charge < -0.3 is 8.94 Å². The SMILES string of the molecule is Cc1noc(C2=Cc3cc(-c4cc(C(=O)CCc5ccoc5)nn4C)ccc3C2)n1. The van der Waals surface area contributed by atoms with E-state index in [-0.39, 0.29) is 5.78 Å². The number of nitrogens with zero attached hydrogens (tertiary/aromatic N) is 4. The van der Waals surface area contributed by atoms with Crippen molar-refractivity contribution >= 4 is 17.4 Å². The Morgan fingerprint density at radius 1 is 1.23 bits per heavy atom. The molecular weight excluding hydrogens is 380 g/mol. The molecule has 0 amide bonds. The Kier molecular flexibility index (Phi) is 4.43. The second kappa shape index (κ2) is 7.26. The van der Waals surface area contributed by atoms with Crippen LogP contribution < -0.4 is 0 Å². The van der Waals surface area contributed by atoms with Gasteiger partial charge in [0.15, 0.2) is 11.6 Å². The largest absolute Gasteiger partial charge is 0.472 e. The molecular formula is C23H20N4O3. The van der Waals surface area contributed by atoms with Crippen molar-refractivity contribution in [2.75, 3.05) is 0 Å². The highest BCUT2D eigenvalue weighted by Crippen LogP contribution is 2.33. The van der Waals surface area contributed by atoms with Crippen LogP contribution in [0.2, 0.25) is 0 Å². The van der Waals surface area contributed by atoms with E-state index in [0.717, 1.165) is 34.4 Å². The van der Waals surface area contributed by atoms with Crippen molar-refractivity contribution in [2.24, 2.45) is 7.05 Å². The highest BCUT2D eigenvalue weighted by atomic mass is 16.5. The van der Waals surface area contributed by atoms with Crippen molar-refractivity contribution in [1.82, 2.24) is 19.9 Å². The van der Waals surface area contributed by atoms with Crippen LogP contribution >= 0.6 is 0 Å². The van der Waals surface area contributed by atoms with Crippen LogP contribution in [0.4, 0.5) is 0 Å².